The molecule has 114 valence electrons. The molecule has 2 N–H and O–H groups in total. The second-order valence-corrected chi connectivity index (χ2v) is 4.16. The molecule has 1 rings (SSSR count). The molecule has 0 bridgehead atoms. The van der Waals surface area contributed by atoms with Crippen LogP contribution in [0.1, 0.15) is 26.2 Å². The van der Waals surface area contributed by atoms with Gasteiger partial charge in [-0.1, -0.05) is 0 Å². The van der Waals surface area contributed by atoms with Crippen molar-refractivity contribution in [2.24, 2.45) is 0 Å². The van der Waals surface area contributed by atoms with Gasteiger partial charge in [0.2, 0.25) is 5.91 Å². The molecule has 0 saturated heterocycles. The molecule has 0 aliphatic rings. The lowest BCUT2D eigenvalue weighted by atomic mass is 10.2. The molecule has 0 aliphatic carbocycles. The summed E-state index contributed by atoms with van der Waals surface area (Å²) in [6, 6.07) is 4.14. The van der Waals surface area contributed by atoms with Gasteiger partial charge in [-0.15, -0.1) is 0 Å². The summed E-state index contributed by atoms with van der Waals surface area (Å²) in [5.41, 5.74) is -0.212. The highest BCUT2D eigenvalue weighted by Crippen LogP contribution is 2.29. The van der Waals surface area contributed by atoms with Crippen molar-refractivity contribution < 1.29 is 24.4 Å². The van der Waals surface area contributed by atoms with E-state index in [1.165, 1.54) is 18.2 Å². The molecule has 0 aromatic heterocycles. The fourth-order valence-corrected chi connectivity index (χ4v) is 1.64. The number of ether oxygens (including phenoxy) is 1. The zero-order valence-electron chi connectivity index (χ0n) is 11.5. The molecule has 8 nitrogen and oxygen atoms in total. The van der Waals surface area contributed by atoms with Gasteiger partial charge in [-0.2, -0.15) is 0 Å². The summed E-state index contributed by atoms with van der Waals surface area (Å²) in [6.45, 7) is 2.13. The number of amides is 1. The van der Waals surface area contributed by atoms with Crippen LogP contribution in [0.15, 0.2) is 18.2 Å². The number of nitro benzene ring substituents is 1. The predicted octanol–water partition coefficient (Wildman–Crippen LogP) is 2.19. The van der Waals surface area contributed by atoms with Gasteiger partial charge in [0.05, 0.1) is 17.6 Å². The van der Waals surface area contributed by atoms with E-state index in [0.717, 1.165) is 0 Å². The molecule has 0 aliphatic heterocycles. The first-order chi connectivity index (χ1) is 9.93. The monoisotopic (exact) mass is 296 g/mol. The van der Waals surface area contributed by atoms with Gasteiger partial charge in [-0.3, -0.25) is 19.7 Å². The first kappa shape index (κ1) is 16.4. The summed E-state index contributed by atoms with van der Waals surface area (Å²) in [4.78, 5) is 32.3. The minimum absolute atomic E-state index is 0.0172. The highest BCUT2D eigenvalue weighted by atomic mass is 16.6. The van der Waals surface area contributed by atoms with Gasteiger partial charge in [-0.25, -0.2) is 0 Å². The van der Waals surface area contributed by atoms with Gasteiger partial charge >= 0.3 is 5.97 Å². The largest absolute Gasteiger partial charge is 0.494 e. The average Bonchev–Trinajstić information content (AvgIpc) is 2.40. The maximum Gasteiger partial charge on any atom is 0.303 e. The van der Waals surface area contributed by atoms with Crippen LogP contribution in [-0.4, -0.2) is 28.5 Å². The van der Waals surface area contributed by atoms with E-state index >= 15 is 0 Å². The van der Waals surface area contributed by atoms with Crippen LogP contribution in [0, 0.1) is 10.1 Å². The molecule has 1 amide bonds. The first-order valence-electron chi connectivity index (χ1n) is 6.37. The van der Waals surface area contributed by atoms with E-state index in [-0.39, 0.29) is 30.6 Å². The number of hydrogen-bond acceptors (Lipinski definition) is 5. The smallest absolute Gasteiger partial charge is 0.303 e. The maximum atomic E-state index is 11.6. The summed E-state index contributed by atoms with van der Waals surface area (Å²) in [7, 11) is 0. The minimum Gasteiger partial charge on any atom is -0.494 e. The Kier molecular flexibility index (Phi) is 6.12. The second-order valence-electron chi connectivity index (χ2n) is 4.16. The third-order valence-corrected chi connectivity index (χ3v) is 2.55. The number of aliphatic carboxylic acids is 1. The number of nitro groups is 1. The number of nitrogens with one attached hydrogen (secondary N) is 1. The first-order valence-corrected chi connectivity index (χ1v) is 6.37. The average molecular weight is 296 g/mol. The van der Waals surface area contributed by atoms with Crippen LogP contribution in [0.25, 0.3) is 0 Å². The normalized spacial score (nSPS) is 9.95. The molecule has 0 saturated carbocycles. The van der Waals surface area contributed by atoms with E-state index in [4.69, 9.17) is 9.84 Å². The molecule has 8 heteroatoms. The Morgan fingerprint density at radius 3 is 2.67 bits per heavy atom. The van der Waals surface area contributed by atoms with Gasteiger partial charge in [0, 0.05) is 12.8 Å². The number of nitrogens with zero attached hydrogens (tertiary/aromatic N) is 1. The van der Waals surface area contributed by atoms with Crippen molar-refractivity contribution in [3.8, 4) is 5.75 Å². The number of hydrogen-bond donors (Lipinski definition) is 2. The van der Waals surface area contributed by atoms with Crippen LogP contribution in [0.5, 0.6) is 5.75 Å². The van der Waals surface area contributed by atoms with E-state index in [1.54, 1.807) is 6.92 Å². The van der Waals surface area contributed by atoms with Crippen molar-refractivity contribution in [2.75, 3.05) is 11.9 Å². The summed E-state index contributed by atoms with van der Waals surface area (Å²) in [5, 5.41) is 21.9. The molecular formula is C13H16N2O6. The molecule has 0 fully saturated rings. The Morgan fingerprint density at radius 1 is 1.38 bits per heavy atom. The van der Waals surface area contributed by atoms with Crippen LogP contribution in [0.4, 0.5) is 11.4 Å². The van der Waals surface area contributed by atoms with Crippen LogP contribution >= 0.6 is 0 Å². The quantitative estimate of drug-likeness (QED) is 0.560. The van der Waals surface area contributed by atoms with Crippen molar-refractivity contribution in [3.05, 3.63) is 28.3 Å². The van der Waals surface area contributed by atoms with Crippen molar-refractivity contribution in [3.63, 3.8) is 0 Å². The van der Waals surface area contributed by atoms with Crippen molar-refractivity contribution >= 4 is 23.3 Å². The number of rotatable bonds is 8. The number of carbonyl (C=O) groups excluding carboxylic acids is 1. The number of carboxylic acid groups (broad SMARTS) is 1. The van der Waals surface area contributed by atoms with E-state index in [9.17, 15) is 19.7 Å². The number of carboxylic acids is 1. The number of benzene rings is 1. The van der Waals surface area contributed by atoms with Gasteiger partial charge in [-0.05, 0) is 25.5 Å². The van der Waals surface area contributed by atoms with Crippen LogP contribution in [0.2, 0.25) is 0 Å². The fraction of sp³-hybridized carbons (Fsp3) is 0.385. The molecule has 0 spiro atoms. The van der Waals surface area contributed by atoms with Crippen molar-refractivity contribution in [1.29, 1.82) is 0 Å². The molecule has 1 aromatic rings. The molecular weight excluding hydrogens is 280 g/mol. The van der Waals surface area contributed by atoms with Gasteiger partial charge < -0.3 is 15.2 Å². The predicted molar refractivity (Wildman–Crippen MR) is 74.4 cm³/mol. The summed E-state index contributed by atoms with van der Waals surface area (Å²) < 4.78 is 5.17. The summed E-state index contributed by atoms with van der Waals surface area (Å²) >= 11 is 0. The lowest BCUT2D eigenvalue weighted by Crippen LogP contribution is -2.13. The zero-order chi connectivity index (χ0) is 15.8. The van der Waals surface area contributed by atoms with Crippen LogP contribution in [-0.2, 0) is 9.59 Å². The standard InChI is InChI=1S/C13H16N2O6/c1-2-21-9-6-7-10(11(8-9)15(19)20)14-12(16)4-3-5-13(17)18/h6-8H,2-5H2,1H3,(H,14,16)(H,17,18). The van der Waals surface area contributed by atoms with Crippen LogP contribution in [0.3, 0.4) is 0 Å². The van der Waals surface area contributed by atoms with Crippen molar-refractivity contribution in [2.45, 2.75) is 26.2 Å². The molecule has 0 radical (unpaired) electrons. The molecule has 0 atom stereocenters. The Morgan fingerprint density at radius 2 is 2.10 bits per heavy atom. The zero-order valence-corrected chi connectivity index (χ0v) is 11.5. The number of carbonyl (C=O) groups is 2. The van der Waals surface area contributed by atoms with Gasteiger partial charge in [0.15, 0.2) is 0 Å². The van der Waals surface area contributed by atoms with Gasteiger partial charge in [0.1, 0.15) is 11.4 Å². The Bertz CT molecular complexity index is 543. The third-order valence-electron chi connectivity index (χ3n) is 2.55. The SMILES string of the molecule is CCOc1ccc(NC(=O)CCCC(=O)O)c([N+](=O)[O-])c1. The molecule has 0 unspecified atom stereocenters. The van der Waals surface area contributed by atoms with E-state index < -0.39 is 16.8 Å². The summed E-state index contributed by atoms with van der Waals surface area (Å²) in [5.74, 6) is -1.12. The lowest BCUT2D eigenvalue weighted by molar-refractivity contribution is -0.384. The maximum absolute atomic E-state index is 11.6. The Hall–Kier alpha value is -2.64. The topological polar surface area (TPSA) is 119 Å². The van der Waals surface area contributed by atoms with Crippen molar-refractivity contribution in [1.82, 2.24) is 0 Å². The molecule has 0 heterocycles. The highest BCUT2D eigenvalue weighted by molar-refractivity contribution is 5.93. The van der Waals surface area contributed by atoms with Gasteiger partial charge in [0.25, 0.3) is 5.69 Å². The minimum atomic E-state index is -0.991. The molecule has 1 aromatic carbocycles. The van der Waals surface area contributed by atoms with E-state index in [0.29, 0.717) is 12.4 Å². The molecule has 21 heavy (non-hydrogen) atoms. The van der Waals surface area contributed by atoms with E-state index in [2.05, 4.69) is 5.32 Å². The fourth-order valence-electron chi connectivity index (χ4n) is 1.64. The Balaban J connectivity index is 2.75. The highest BCUT2D eigenvalue weighted by Gasteiger charge is 2.17. The second kappa shape index (κ2) is 7.83. The summed E-state index contributed by atoms with van der Waals surface area (Å²) in [6.07, 6.45) is 0.0292. The third kappa shape index (κ3) is 5.47. The van der Waals surface area contributed by atoms with E-state index in [1.807, 2.05) is 0 Å². The number of anilines is 1. The van der Waals surface area contributed by atoms with Crippen LogP contribution < -0.4 is 10.1 Å². The Labute approximate surface area is 120 Å². The lowest BCUT2D eigenvalue weighted by Gasteiger charge is -2.08.